The molecule has 0 radical (unpaired) electrons. The van der Waals surface area contributed by atoms with E-state index in [2.05, 4.69) is 21.8 Å². The van der Waals surface area contributed by atoms with Crippen LogP contribution in [-0.2, 0) is 29.1 Å². The zero-order valence-corrected chi connectivity index (χ0v) is 16.2. The summed E-state index contributed by atoms with van der Waals surface area (Å²) in [5, 5.41) is 2.99. The molecule has 1 aliphatic heterocycles. The number of aromatic nitrogens is 2. The van der Waals surface area contributed by atoms with E-state index in [0.717, 1.165) is 30.8 Å². The summed E-state index contributed by atoms with van der Waals surface area (Å²) in [6.45, 7) is 4.19. The molecule has 1 N–H and O–H groups in total. The fourth-order valence-corrected chi connectivity index (χ4v) is 3.60. The van der Waals surface area contributed by atoms with Crippen LogP contribution in [0.5, 0.6) is 0 Å². The summed E-state index contributed by atoms with van der Waals surface area (Å²) < 4.78 is 15.5. The van der Waals surface area contributed by atoms with E-state index in [0.29, 0.717) is 32.5 Å². The lowest BCUT2D eigenvalue weighted by atomic mass is 9.96. The van der Waals surface area contributed by atoms with Crippen LogP contribution in [0.25, 0.3) is 0 Å². The van der Waals surface area contributed by atoms with E-state index >= 15 is 0 Å². The molecule has 0 saturated carbocycles. The number of piperidine rings is 1. The quantitative estimate of drug-likeness (QED) is 0.709. The van der Waals surface area contributed by atoms with Crippen molar-refractivity contribution in [1.29, 1.82) is 0 Å². The second-order valence-corrected chi connectivity index (χ2v) is 7.17. The highest BCUT2D eigenvalue weighted by atomic mass is 19.1. The number of carbonyl (C=O) groups is 2. The second-order valence-electron chi connectivity index (χ2n) is 7.17. The lowest BCUT2D eigenvalue weighted by Gasteiger charge is -2.32. The third kappa shape index (κ3) is 5.18. The van der Waals surface area contributed by atoms with Gasteiger partial charge in [-0.05, 0) is 30.5 Å². The number of rotatable bonds is 8. The van der Waals surface area contributed by atoms with Crippen molar-refractivity contribution < 1.29 is 14.0 Å². The number of aryl methyl sites for hydroxylation is 2. The topological polar surface area (TPSA) is 67.2 Å². The monoisotopic (exact) mass is 386 g/mol. The van der Waals surface area contributed by atoms with E-state index in [-0.39, 0.29) is 23.5 Å². The maximum atomic E-state index is 13.4. The van der Waals surface area contributed by atoms with Crippen molar-refractivity contribution in [2.75, 3.05) is 13.1 Å². The van der Waals surface area contributed by atoms with Crippen molar-refractivity contribution in [1.82, 2.24) is 19.8 Å². The van der Waals surface area contributed by atoms with Crippen LogP contribution < -0.4 is 5.32 Å². The van der Waals surface area contributed by atoms with E-state index in [1.165, 1.54) is 12.1 Å². The first-order chi connectivity index (χ1) is 13.6. The molecule has 2 heterocycles. The molecule has 1 saturated heterocycles. The molecule has 28 heavy (non-hydrogen) atoms. The predicted octanol–water partition coefficient (Wildman–Crippen LogP) is 2.53. The van der Waals surface area contributed by atoms with Crippen LogP contribution in [0.3, 0.4) is 0 Å². The largest absolute Gasteiger partial charge is 0.356 e. The van der Waals surface area contributed by atoms with Crippen LogP contribution in [-0.4, -0.2) is 39.4 Å². The minimum Gasteiger partial charge on any atom is -0.356 e. The number of benzene rings is 1. The molecule has 2 amide bonds. The van der Waals surface area contributed by atoms with Crippen LogP contribution in [0.15, 0.2) is 36.7 Å². The van der Waals surface area contributed by atoms with Gasteiger partial charge in [-0.15, -0.1) is 0 Å². The number of hydrogen-bond acceptors (Lipinski definition) is 3. The Hall–Kier alpha value is -2.70. The summed E-state index contributed by atoms with van der Waals surface area (Å²) in [4.78, 5) is 30.7. The first kappa shape index (κ1) is 20.0. The number of nitrogens with zero attached hydrogens (tertiary/aromatic N) is 3. The highest BCUT2D eigenvalue weighted by Crippen LogP contribution is 2.20. The molecule has 0 aliphatic carbocycles. The number of amides is 2. The van der Waals surface area contributed by atoms with Gasteiger partial charge in [0.05, 0.1) is 5.92 Å². The molecule has 1 aliphatic rings. The molecule has 1 aromatic heterocycles. The number of hydrogen-bond donors (Lipinski definition) is 1. The van der Waals surface area contributed by atoms with E-state index in [4.69, 9.17) is 0 Å². The van der Waals surface area contributed by atoms with Gasteiger partial charge < -0.3 is 14.8 Å². The van der Waals surface area contributed by atoms with Crippen molar-refractivity contribution in [2.45, 2.75) is 45.7 Å². The van der Waals surface area contributed by atoms with Gasteiger partial charge in [0.1, 0.15) is 11.6 Å². The maximum absolute atomic E-state index is 13.4. The minimum absolute atomic E-state index is 0.0144. The van der Waals surface area contributed by atoms with E-state index < -0.39 is 0 Å². The number of halogens is 1. The lowest BCUT2D eigenvalue weighted by molar-refractivity contribution is -0.138. The second kappa shape index (κ2) is 9.48. The Morgan fingerprint density at radius 1 is 1.39 bits per heavy atom. The van der Waals surface area contributed by atoms with Gasteiger partial charge in [-0.25, -0.2) is 9.37 Å². The Morgan fingerprint density at radius 2 is 2.25 bits per heavy atom. The summed E-state index contributed by atoms with van der Waals surface area (Å²) in [6.07, 6.45) is 6.37. The number of carbonyl (C=O) groups excluding carboxylic acids is 2. The SMILES string of the molecule is CCc1nccn1CCCNC(=O)[C@H]1CCC(=O)N(Cc2cccc(F)c2)C1. The Labute approximate surface area is 164 Å². The number of nitrogens with one attached hydrogen (secondary N) is 1. The van der Waals surface area contributed by atoms with E-state index in [1.54, 1.807) is 23.2 Å². The van der Waals surface area contributed by atoms with Gasteiger partial charge in [-0.1, -0.05) is 19.1 Å². The molecule has 7 heteroatoms. The van der Waals surface area contributed by atoms with Gasteiger partial charge in [0.25, 0.3) is 0 Å². The van der Waals surface area contributed by atoms with Crippen LogP contribution in [0.2, 0.25) is 0 Å². The van der Waals surface area contributed by atoms with Crippen molar-refractivity contribution >= 4 is 11.8 Å². The van der Waals surface area contributed by atoms with E-state index in [1.807, 2.05) is 6.20 Å². The van der Waals surface area contributed by atoms with Gasteiger partial charge in [-0.3, -0.25) is 9.59 Å². The summed E-state index contributed by atoms with van der Waals surface area (Å²) in [7, 11) is 0. The van der Waals surface area contributed by atoms with Gasteiger partial charge in [0.2, 0.25) is 11.8 Å². The molecule has 1 fully saturated rings. The Bertz CT molecular complexity index is 820. The summed E-state index contributed by atoms with van der Waals surface area (Å²) in [5.41, 5.74) is 0.737. The highest BCUT2D eigenvalue weighted by Gasteiger charge is 2.30. The lowest BCUT2D eigenvalue weighted by Crippen LogP contribution is -2.45. The smallest absolute Gasteiger partial charge is 0.224 e. The van der Waals surface area contributed by atoms with Gasteiger partial charge in [0, 0.05) is 51.4 Å². The molecule has 1 atom stereocenters. The average Bonchev–Trinajstić information content (AvgIpc) is 3.14. The molecule has 0 bridgehead atoms. The highest BCUT2D eigenvalue weighted by molar-refractivity contribution is 5.83. The summed E-state index contributed by atoms with van der Waals surface area (Å²) >= 11 is 0. The summed E-state index contributed by atoms with van der Waals surface area (Å²) in [5.74, 6) is 0.509. The molecule has 6 nitrogen and oxygen atoms in total. The van der Waals surface area contributed by atoms with E-state index in [9.17, 15) is 14.0 Å². The van der Waals surface area contributed by atoms with Crippen LogP contribution >= 0.6 is 0 Å². The molecule has 3 rings (SSSR count). The Morgan fingerprint density at radius 3 is 3.04 bits per heavy atom. The van der Waals surface area contributed by atoms with Crippen molar-refractivity contribution in [3.05, 3.63) is 53.9 Å². The fraction of sp³-hybridized carbons (Fsp3) is 0.476. The molecule has 1 aromatic carbocycles. The Balaban J connectivity index is 1.46. The maximum Gasteiger partial charge on any atom is 0.224 e. The normalized spacial score (nSPS) is 17.0. The van der Waals surface area contributed by atoms with Crippen LogP contribution in [0.4, 0.5) is 4.39 Å². The van der Waals surface area contributed by atoms with Crippen LogP contribution in [0, 0.1) is 11.7 Å². The Kier molecular flexibility index (Phi) is 6.79. The fourth-order valence-electron chi connectivity index (χ4n) is 3.60. The third-order valence-corrected chi connectivity index (χ3v) is 5.13. The standard InChI is InChI=1S/C21H27FN4O2/c1-2-19-23-10-12-25(19)11-4-9-24-21(28)17-7-8-20(27)26(15-17)14-16-5-3-6-18(22)13-16/h3,5-6,10,12-13,17H,2,4,7-9,11,14-15H2,1H3,(H,24,28)/t17-/m0/s1. The molecular formula is C21H27FN4O2. The number of likely N-dealkylation sites (tertiary alicyclic amines) is 1. The average molecular weight is 386 g/mol. The van der Waals surface area contributed by atoms with Gasteiger partial charge in [0.15, 0.2) is 0 Å². The van der Waals surface area contributed by atoms with Crippen molar-refractivity contribution in [3.63, 3.8) is 0 Å². The minimum atomic E-state index is -0.319. The van der Waals surface area contributed by atoms with Crippen molar-refractivity contribution in [2.24, 2.45) is 5.92 Å². The molecule has 0 spiro atoms. The number of imidazole rings is 1. The molecule has 150 valence electrons. The third-order valence-electron chi connectivity index (χ3n) is 5.13. The molecule has 2 aromatic rings. The molecule has 0 unspecified atom stereocenters. The predicted molar refractivity (Wildman–Crippen MR) is 104 cm³/mol. The zero-order chi connectivity index (χ0) is 19.9. The van der Waals surface area contributed by atoms with Crippen LogP contribution in [0.1, 0.15) is 37.6 Å². The summed E-state index contributed by atoms with van der Waals surface area (Å²) in [6, 6.07) is 6.23. The zero-order valence-electron chi connectivity index (χ0n) is 16.2. The first-order valence-corrected chi connectivity index (χ1v) is 9.86. The first-order valence-electron chi connectivity index (χ1n) is 9.86. The van der Waals surface area contributed by atoms with Crippen molar-refractivity contribution in [3.8, 4) is 0 Å². The van der Waals surface area contributed by atoms with Gasteiger partial charge >= 0.3 is 0 Å². The van der Waals surface area contributed by atoms with Gasteiger partial charge in [-0.2, -0.15) is 0 Å². The molecular weight excluding hydrogens is 359 g/mol.